The third-order valence-corrected chi connectivity index (χ3v) is 7.60. The van der Waals surface area contributed by atoms with Gasteiger partial charge < -0.3 is 23.7 Å². The minimum absolute atomic E-state index is 0.168. The third kappa shape index (κ3) is 10.8. The van der Waals surface area contributed by atoms with Crippen LogP contribution in [0.5, 0.6) is 0 Å². The summed E-state index contributed by atoms with van der Waals surface area (Å²) in [6.07, 6.45) is 3.11. The van der Waals surface area contributed by atoms with Crippen molar-refractivity contribution in [1.29, 1.82) is 0 Å². The maximum absolute atomic E-state index is 12.6. The van der Waals surface area contributed by atoms with Gasteiger partial charge in [-0.15, -0.1) is 0 Å². The van der Waals surface area contributed by atoms with Crippen LogP contribution in [0.1, 0.15) is 62.1 Å². The molecule has 43 heavy (non-hydrogen) atoms. The Labute approximate surface area is 255 Å². The molecule has 0 bridgehead atoms. The van der Waals surface area contributed by atoms with Gasteiger partial charge >= 0.3 is 0 Å². The van der Waals surface area contributed by atoms with E-state index in [1.165, 1.54) is 19.3 Å². The third-order valence-electron chi connectivity index (χ3n) is 7.60. The van der Waals surface area contributed by atoms with Crippen molar-refractivity contribution in [1.82, 2.24) is 0 Å². The van der Waals surface area contributed by atoms with E-state index in [4.69, 9.17) is 23.7 Å². The van der Waals surface area contributed by atoms with Crippen LogP contribution < -0.4 is 0 Å². The zero-order chi connectivity index (χ0) is 30.1. The molecular formula is C35H45NO7. The van der Waals surface area contributed by atoms with Gasteiger partial charge in [0.2, 0.25) is 6.29 Å². The molecule has 0 aliphatic carbocycles. The zero-order valence-electron chi connectivity index (χ0n) is 25.1. The summed E-state index contributed by atoms with van der Waals surface area (Å²) < 4.78 is 31.3. The Hall–Kier alpha value is -3.14. The lowest BCUT2D eigenvalue weighted by Gasteiger charge is -2.42. The monoisotopic (exact) mass is 591 g/mol. The predicted molar refractivity (Wildman–Crippen MR) is 165 cm³/mol. The molecule has 1 fully saturated rings. The fourth-order valence-electron chi connectivity index (χ4n) is 5.26. The number of hydrogen-bond acceptors (Lipinski definition) is 7. The smallest absolute Gasteiger partial charge is 0.291 e. The van der Waals surface area contributed by atoms with Crippen LogP contribution in [0.4, 0.5) is 0 Å². The van der Waals surface area contributed by atoms with Crippen LogP contribution in [0, 0.1) is 10.1 Å². The number of nitrogens with zero attached hydrogens (tertiary/aromatic N) is 1. The van der Waals surface area contributed by atoms with Gasteiger partial charge in [-0.1, -0.05) is 130 Å². The van der Waals surface area contributed by atoms with E-state index in [-0.39, 0.29) is 24.7 Å². The molecule has 1 heterocycles. The Morgan fingerprint density at radius 1 is 0.674 bits per heavy atom. The fourth-order valence-corrected chi connectivity index (χ4v) is 5.26. The van der Waals surface area contributed by atoms with Crippen LogP contribution in [0.3, 0.4) is 0 Å². The summed E-state index contributed by atoms with van der Waals surface area (Å²) in [5, 5.41) is 12.6. The van der Waals surface area contributed by atoms with E-state index in [1.54, 1.807) is 0 Å². The standard InChI is InChI=1S/C35H45NO7/c1-2-3-4-5-6-16-23-40-35-32(36(37)38)34(42-26-30-21-14-9-15-22-30)33(41-25-29-19-12-8-13-20-29)31(43-35)27-39-24-28-17-10-7-11-18-28/h7-15,17-22,31-35H,2-6,16,23-27H2,1H3/t31-,32-,33+,34-,35-/m1/s1. The van der Waals surface area contributed by atoms with Gasteiger partial charge in [-0.05, 0) is 23.1 Å². The van der Waals surface area contributed by atoms with Gasteiger partial charge in [-0.3, -0.25) is 10.1 Å². The molecule has 1 aliphatic heterocycles. The topological polar surface area (TPSA) is 89.3 Å². The molecule has 232 valence electrons. The van der Waals surface area contributed by atoms with Crippen molar-refractivity contribution in [3.05, 3.63) is 118 Å². The molecule has 0 radical (unpaired) electrons. The first-order valence-electron chi connectivity index (χ1n) is 15.5. The molecule has 8 nitrogen and oxygen atoms in total. The lowest BCUT2D eigenvalue weighted by atomic mass is 9.96. The van der Waals surface area contributed by atoms with E-state index in [1.807, 2.05) is 91.0 Å². The first kappa shape index (κ1) is 32.8. The predicted octanol–water partition coefficient (Wildman–Crippen LogP) is 7.12. The minimum Gasteiger partial charge on any atom is -0.374 e. The van der Waals surface area contributed by atoms with Crippen LogP contribution in [0.15, 0.2) is 91.0 Å². The molecule has 5 atom stereocenters. The lowest BCUT2D eigenvalue weighted by Crippen LogP contribution is -2.63. The van der Waals surface area contributed by atoms with Crippen molar-refractivity contribution in [2.45, 2.75) is 95.9 Å². The Morgan fingerprint density at radius 2 is 1.19 bits per heavy atom. The summed E-state index contributed by atoms with van der Waals surface area (Å²) in [6, 6.07) is 28.0. The van der Waals surface area contributed by atoms with Crippen LogP contribution >= 0.6 is 0 Å². The molecule has 8 heteroatoms. The molecule has 4 rings (SSSR count). The summed E-state index contributed by atoms with van der Waals surface area (Å²) in [5.41, 5.74) is 2.89. The average molecular weight is 592 g/mol. The van der Waals surface area contributed by atoms with Crippen LogP contribution in [0.2, 0.25) is 0 Å². The SMILES string of the molecule is CCCCCCCCO[C@@H]1O[C@H](COCc2ccccc2)[C@H](OCc2ccccc2)[C@H](OCc2ccccc2)[C@H]1[N+](=O)[O-]. The summed E-state index contributed by atoms with van der Waals surface area (Å²) in [6.45, 7) is 3.56. The summed E-state index contributed by atoms with van der Waals surface area (Å²) in [4.78, 5) is 12.3. The highest BCUT2D eigenvalue weighted by molar-refractivity contribution is 5.15. The zero-order valence-corrected chi connectivity index (χ0v) is 25.1. The first-order valence-corrected chi connectivity index (χ1v) is 15.5. The van der Waals surface area contributed by atoms with Crippen molar-refractivity contribution in [2.24, 2.45) is 0 Å². The first-order chi connectivity index (χ1) is 21.2. The van der Waals surface area contributed by atoms with Crippen molar-refractivity contribution in [2.75, 3.05) is 13.2 Å². The van der Waals surface area contributed by atoms with Gasteiger partial charge in [0.05, 0.1) is 33.0 Å². The highest BCUT2D eigenvalue weighted by Crippen LogP contribution is 2.31. The Balaban J connectivity index is 1.52. The van der Waals surface area contributed by atoms with Gasteiger partial charge in [0.15, 0.2) is 6.10 Å². The molecule has 0 spiro atoms. The molecular weight excluding hydrogens is 546 g/mol. The van der Waals surface area contributed by atoms with E-state index in [0.29, 0.717) is 13.2 Å². The van der Waals surface area contributed by atoms with Gasteiger partial charge in [-0.25, -0.2) is 0 Å². The minimum atomic E-state index is -1.27. The Kier molecular flexibility index (Phi) is 14.1. The van der Waals surface area contributed by atoms with E-state index in [2.05, 4.69) is 6.92 Å². The van der Waals surface area contributed by atoms with Gasteiger partial charge in [-0.2, -0.15) is 0 Å². The average Bonchev–Trinajstić information content (AvgIpc) is 3.04. The van der Waals surface area contributed by atoms with Crippen molar-refractivity contribution < 1.29 is 28.6 Å². The Bertz CT molecular complexity index is 1160. The second-order valence-corrected chi connectivity index (χ2v) is 11.0. The quantitative estimate of drug-likeness (QED) is 0.0833. The number of hydrogen-bond donors (Lipinski definition) is 0. The van der Waals surface area contributed by atoms with Crippen molar-refractivity contribution in [3.8, 4) is 0 Å². The van der Waals surface area contributed by atoms with E-state index < -0.39 is 30.6 Å². The van der Waals surface area contributed by atoms with Gasteiger partial charge in [0, 0.05) is 4.92 Å². The summed E-state index contributed by atoms with van der Waals surface area (Å²) in [7, 11) is 0. The summed E-state index contributed by atoms with van der Waals surface area (Å²) in [5.74, 6) is 0. The highest BCUT2D eigenvalue weighted by atomic mass is 16.7. The van der Waals surface area contributed by atoms with Crippen LogP contribution in [0.25, 0.3) is 0 Å². The number of ether oxygens (including phenoxy) is 5. The van der Waals surface area contributed by atoms with Gasteiger partial charge in [0.25, 0.3) is 6.04 Å². The number of unbranched alkanes of at least 4 members (excludes halogenated alkanes) is 5. The largest absolute Gasteiger partial charge is 0.374 e. The van der Waals surface area contributed by atoms with Crippen molar-refractivity contribution in [3.63, 3.8) is 0 Å². The molecule has 0 amide bonds. The molecule has 0 aromatic heterocycles. The second-order valence-electron chi connectivity index (χ2n) is 11.0. The second kappa shape index (κ2) is 18.5. The van der Waals surface area contributed by atoms with E-state index >= 15 is 0 Å². The van der Waals surface area contributed by atoms with Crippen LogP contribution in [-0.2, 0) is 43.5 Å². The van der Waals surface area contributed by atoms with E-state index in [0.717, 1.165) is 36.0 Å². The molecule has 1 aliphatic rings. The molecule has 1 saturated heterocycles. The van der Waals surface area contributed by atoms with Gasteiger partial charge in [0.1, 0.15) is 12.2 Å². The van der Waals surface area contributed by atoms with Crippen LogP contribution in [-0.4, -0.2) is 48.8 Å². The molecule has 0 saturated carbocycles. The maximum Gasteiger partial charge on any atom is 0.291 e. The fraction of sp³-hybridized carbons (Fsp3) is 0.486. The number of rotatable bonds is 19. The molecule has 0 N–H and O–H groups in total. The molecule has 0 unspecified atom stereocenters. The number of nitro groups is 1. The summed E-state index contributed by atoms with van der Waals surface area (Å²) >= 11 is 0. The molecule has 3 aromatic rings. The van der Waals surface area contributed by atoms with E-state index in [9.17, 15) is 10.1 Å². The number of benzene rings is 3. The lowest BCUT2D eigenvalue weighted by molar-refractivity contribution is -0.577. The molecule has 3 aromatic carbocycles. The van der Waals surface area contributed by atoms with Crippen molar-refractivity contribution >= 4 is 0 Å². The highest BCUT2D eigenvalue weighted by Gasteiger charge is 2.54. The maximum atomic E-state index is 12.6. The Morgan fingerprint density at radius 3 is 1.74 bits per heavy atom. The normalized spacial score (nSPS) is 21.9.